The number of hydrogen-bond acceptors (Lipinski definition) is 4. The number of aliphatic hydroxyl groups is 1. The number of sulfonamides is 1. The van der Waals surface area contributed by atoms with Crippen LogP contribution in [0.2, 0.25) is 0 Å². The molecular weight excluding hydrogens is 296 g/mol. The molecule has 8 heteroatoms. The number of carbonyl (C=O) groups is 1. The Morgan fingerprint density at radius 3 is 2.57 bits per heavy atom. The number of aromatic nitrogens is 1. The van der Waals surface area contributed by atoms with E-state index in [1.165, 1.54) is 28.2 Å². The second-order valence-corrected chi connectivity index (χ2v) is 7.15. The van der Waals surface area contributed by atoms with Crippen molar-refractivity contribution in [2.24, 2.45) is 7.05 Å². The van der Waals surface area contributed by atoms with E-state index in [1.54, 1.807) is 0 Å². The number of aromatic carboxylic acids is 1. The van der Waals surface area contributed by atoms with Crippen molar-refractivity contribution in [1.29, 1.82) is 0 Å². The highest BCUT2D eigenvalue weighted by molar-refractivity contribution is 7.89. The lowest BCUT2D eigenvalue weighted by Crippen LogP contribution is -2.44. The Morgan fingerprint density at radius 2 is 2.14 bits per heavy atom. The van der Waals surface area contributed by atoms with Crippen molar-refractivity contribution >= 4 is 16.0 Å². The fourth-order valence-corrected chi connectivity index (χ4v) is 4.22. The molecule has 0 spiro atoms. The second-order valence-electron chi connectivity index (χ2n) is 5.25. The van der Waals surface area contributed by atoms with Crippen LogP contribution in [0.1, 0.15) is 36.2 Å². The summed E-state index contributed by atoms with van der Waals surface area (Å²) >= 11 is 0. The molecule has 0 unspecified atom stereocenters. The van der Waals surface area contributed by atoms with Gasteiger partial charge in [-0.25, -0.2) is 13.2 Å². The van der Waals surface area contributed by atoms with Gasteiger partial charge in [-0.1, -0.05) is 6.42 Å². The average Bonchev–Trinajstić information content (AvgIpc) is 2.74. The van der Waals surface area contributed by atoms with E-state index >= 15 is 0 Å². The molecule has 2 rings (SSSR count). The van der Waals surface area contributed by atoms with E-state index in [2.05, 4.69) is 0 Å². The van der Waals surface area contributed by atoms with Crippen LogP contribution < -0.4 is 0 Å². The third kappa shape index (κ3) is 3.12. The third-order valence-electron chi connectivity index (χ3n) is 3.82. The van der Waals surface area contributed by atoms with Crippen LogP contribution in [0.3, 0.4) is 0 Å². The van der Waals surface area contributed by atoms with Crippen LogP contribution in [0.5, 0.6) is 0 Å². The molecule has 1 saturated carbocycles. The molecule has 1 aromatic heterocycles. The fourth-order valence-electron chi connectivity index (χ4n) is 2.42. The van der Waals surface area contributed by atoms with Crippen molar-refractivity contribution in [3.05, 3.63) is 18.0 Å². The van der Waals surface area contributed by atoms with Crippen LogP contribution in [0.15, 0.2) is 17.2 Å². The summed E-state index contributed by atoms with van der Waals surface area (Å²) in [5.41, 5.74) is -0.0655. The maximum atomic E-state index is 12.7. The number of aliphatic hydroxyl groups excluding tert-OH is 1. The minimum absolute atomic E-state index is 0.00719. The van der Waals surface area contributed by atoms with Gasteiger partial charge in [-0.3, -0.25) is 0 Å². The van der Waals surface area contributed by atoms with Crippen molar-refractivity contribution in [2.75, 3.05) is 13.2 Å². The molecule has 0 radical (unpaired) electrons. The molecule has 1 aliphatic carbocycles. The molecule has 0 saturated heterocycles. The van der Waals surface area contributed by atoms with Crippen LogP contribution in [-0.4, -0.2) is 52.7 Å². The maximum Gasteiger partial charge on any atom is 0.352 e. The van der Waals surface area contributed by atoms with Gasteiger partial charge in [-0.05, 0) is 25.3 Å². The van der Waals surface area contributed by atoms with Crippen molar-refractivity contribution in [2.45, 2.75) is 36.6 Å². The number of rotatable bonds is 7. The quantitative estimate of drug-likeness (QED) is 0.769. The van der Waals surface area contributed by atoms with Crippen LogP contribution in [0, 0.1) is 0 Å². The molecule has 1 fully saturated rings. The summed E-state index contributed by atoms with van der Waals surface area (Å²) in [6.07, 6.45) is 4.30. The summed E-state index contributed by atoms with van der Waals surface area (Å²) in [6, 6.07) is 1.14. The van der Waals surface area contributed by atoms with Crippen LogP contribution in [0.25, 0.3) is 0 Å². The molecule has 0 aliphatic heterocycles. The highest BCUT2D eigenvalue weighted by Gasteiger charge is 2.35. The summed E-state index contributed by atoms with van der Waals surface area (Å²) in [6.45, 7) is 0.175. The molecule has 1 aliphatic rings. The van der Waals surface area contributed by atoms with Gasteiger partial charge in [0.2, 0.25) is 10.0 Å². The van der Waals surface area contributed by atoms with Crippen molar-refractivity contribution in [3.63, 3.8) is 0 Å². The van der Waals surface area contributed by atoms with Crippen LogP contribution >= 0.6 is 0 Å². The zero-order valence-corrected chi connectivity index (χ0v) is 12.7. The van der Waals surface area contributed by atoms with Gasteiger partial charge >= 0.3 is 5.97 Å². The topological polar surface area (TPSA) is 99.8 Å². The molecule has 0 atom stereocenters. The lowest BCUT2D eigenvalue weighted by atomic mass is 9.93. The minimum atomic E-state index is -3.73. The van der Waals surface area contributed by atoms with E-state index in [-0.39, 0.29) is 29.8 Å². The second kappa shape index (κ2) is 6.17. The van der Waals surface area contributed by atoms with Gasteiger partial charge in [0.25, 0.3) is 0 Å². The average molecular weight is 316 g/mol. The lowest BCUT2D eigenvalue weighted by molar-refractivity contribution is 0.0686. The molecule has 21 heavy (non-hydrogen) atoms. The van der Waals surface area contributed by atoms with Crippen LogP contribution in [0.4, 0.5) is 0 Å². The molecule has 0 amide bonds. The van der Waals surface area contributed by atoms with E-state index in [4.69, 9.17) is 10.2 Å². The summed E-state index contributed by atoms with van der Waals surface area (Å²) in [4.78, 5) is 11.0. The minimum Gasteiger partial charge on any atom is -0.477 e. The van der Waals surface area contributed by atoms with Gasteiger partial charge in [-0.2, -0.15) is 4.31 Å². The van der Waals surface area contributed by atoms with Gasteiger partial charge in [0.1, 0.15) is 10.6 Å². The highest BCUT2D eigenvalue weighted by Crippen LogP contribution is 2.30. The number of hydrogen-bond donors (Lipinski definition) is 2. The van der Waals surface area contributed by atoms with E-state index in [1.807, 2.05) is 0 Å². The largest absolute Gasteiger partial charge is 0.477 e. The lowest BCUT2D eigenvalue weighted by Gasteiger charge is -2.36. The molecule has 118 valence electrons. The Hall–Kier alpha value is -1.38. The first-order chi connectivity index (χ1) is 9.87. The monoisotopic (exact) mass is 316 g/mol. The Bertz CT molecular complexity index is 619. The fraction of sp³-hybridized carbons (Fsp3) is 0.615. The third-order valence-corrected chi connectivity index (χ3v) is 5.74. The highest BCUT2D eigenvalue weighted by atomic mass is 32.2. The molecule has 2 N–H and O–H groups in total. The Labute approximate surface area is 123 Å². The smallest absolute Gasteiger partial charge is 0.352 e. The molecule has 0 bridgehead atoms. The number of aryl methyl sites for hydroxylation is 1. The number of carboxylic acids is 1. The molecule has 0 aromatic carbocycles. The Morgan fingerprint density at radius 1 is 1.48 bits per heavy atom. The van der Waals surface area contributed by atoms with E-state index in [0.717, 1.165) is 19.3 Å². The number of carboxylic acid groups (broad SMARTS) is 1. The zero-order valence-electron chi connectivity index (χ0n) is 11.9. The van der Waals surface area contributed by atoms with Crippen molar-refractivity contribution in [1.82, 2.24) is 8.87 Å². The SMILES string of the molecule is Cn1cc(S(=O)(=O)N(CCCO)C2CCC2)cc1C(=O)O. The first-order valence-corrected chi connectivity index (χ1v) is 8.34. The van der Waals surface area contributed by atoms with Crippen molar-refractivity contribution < 1.29 is 23.4 Å². The maximum absolute atomic E-state index is 12.7. The van der Waals surface area contributed by atoms with Gasteiger partial charge < -0.3 is 14.8 Å². The van der Waals surface area contributed by atoms with Crippen LogP contribution in [-0.2, 0) is 17.1 Å². The Balaban J connectivity index is 2.33. The first-order valence-electron chi connectivity index (χ1n) is 6.90. The van der Waals surface area contributed by atoms with E-state index in [9.17, 15) is 13.2 Å². The molecular formula is C13H20N2O5S. The predicted octanol–water partition coefficient (Wildman–Crippen LogP) is 0.649. The Kier molecular flexibility index (Phi) is 4.70. The molecule has 7 nitrogen and oxygen atoms in total. The van der Waals surface area contributed by atoms with Gasteiger partial charge in [0.05, 0.1) is 0 Å². The molecule has 1 heterocycles. The summed E-state index contributed by atoms with van der Waals surface area (Å²) < 4.78 is 28.1. The first kappa shape index (κ1) is 16.0. The summed E-state index contributed by atoms with van der Waals surface area (Å²) in [7, 11) is -2.23. The standard InChI is InChI=1S/C13H20N2O5S/c1-14-9-11(8-12(14)13(17)18)21(19,20)15(6-3-7-16)10-4-2-5-10/h8-10,16H,2-7H2,1H3,(H,17,18). The van der Waals surface area contributed by atoms with Crippen molar-refractivity contribution in [3.8, 4) is 0 Å². The van der Waals surface area contributed by atoms with Gasteiger partial charge in [0.15, 0.2) is 0 Å². The summed E-state index contributed by atoms with van der Waals surface area (Å²) in [5, 5.41) is 18.0. The predicted molar refractivity (Wildman–Crippen MR) is 75.6 cm³/mol. The molecule has 1 aromatic rings. The van der Waals surface area contributed by atoms with Gasteiger partial charge in [0, 0.05) is 32.4 Å². The van der Waals surface area contributed by atoms with E-state index < -0.39 is 16.0 Å². The number of nitrogens with zero attached hydrogens (tertiary/aromatic N) is 2. The van der Waals surface area contributed by atoms with E-state index in [0.29, 0.717) is 6.42 Å². The summed E-state index contributed by atoms with van der Waals surface area (Å²) in [5.74, 6) is -1.16. The zero-order chi connectivity index (χ0) is 15.6. The van der Waals surface area contributed by atoms with Gasteiger partial charge in [-0.15, -0.1) is 0 Å². The normalized spacial score (nSPS) is 16.1.